The summed E-state index contributed by atoms with van der Waals surface area (Å²) >= 11 is 0. The van der Waals surface area contributed by atoms with Crippen molar-refractivity contribution in [3.8, 4) is 11.5 Å². The highest BCUT2D eigenvalue weighted by Gasteiger charge is 2.13. The number of fused-ring (bicyclic) bond motifs is 2. The highest BCUT2D eigenvalue weighted by Crippen LogP contribution is 2.32. The summed E-state index contributed by atoms with van der Waals surface area (Å²) in [6, 6.07) is 13.4. The minimum atomic E-state index is -0.241. The van der Waals surface area contributed by atoms with Gasteiger partial charge in [-0.05, 0) is 48.4 Å². The SMILES string of the molecule is CCCn1ccc2cc(NC(=O)NCc3ccc4c(c3)OCO4)ccc21. The Morgan fingerprint density at radius 3 is 2.88 bits per heavy atom. The van der Waals surface area contributed by atoms with Gasteiger partial charge in [-0.2, -0.15) is 0 Å². The molecule has 0 saturated heterocycles. The number of aromatic nitrogens is 1. The molecular formula is C20H21N3O3. The van der Waals surface area contributed by atoms with Crippen molar-refractivity contribution in [1.29, 1.82) is 0 Å². The summed E-state index contributed by atoms with van der Waals surface area (Å²) in [4.78, 5) is 12.2. The lowest BCUT2D eigenvalue weighted by Crippen LogP contribution is -2.28. The summed E-state index contributed by atoms with van der Waals surface area (Å²) < 4.78 is 12.9. The molecule has 0 bridgehead atoms. The monoisotopic (exact) mass is 351 g/mol. The van der Waals surface area contributed by atoms with E-state index >= 15 is 0 Å². The lowest BCUT2D eigenvalue weighted by Gasteiger charge is -2.09. The quantitative estimate of drug-likeness (QED) is 0.727. The Bertz CT molecular complexity index is 949. The molecule has 6 nitrogen and oxygen atoms in total. The Labute approximate surface area is 151 Å². The molecule has 3 aromatic rings. The van der Waals surface area contributed by atoms with Gasteiger partial charge in [0, 0.05) is 35.9 Å². The molecule has 134 valence electrons. The molecule has 2 heterocycles. The lowest BCUT2D eigenvalue weighted by atomic mass is 10.2. The molecule has 2 aromatic carbocycles. The van der Waals surface area contributed by atoms with Gasteiger partial charge in [-0.3, -0.25) is 0 Å². The topological polar surface area (TPSA) is 64.5 Å². The van der Waals surface area contributed by atoms with Crippen LogP contribution in [-0.4, -0.2) is 17.4 Å². The Morgan fingerprint density at radius 2 is 2.00 bits per heavy atom. The van der Waals surface area contributed by atoms with Crippen LogP contribution in [0.3, 0.4) is 0 Å². The number of ether oxygens (including phenoxy) is 2. The zero-order valence-electron chi connectivity index (χ0n) is 14.6. The van der Waals surface area contributed by atoms with E-state index in [0.29, 0.717) is 12.3 Å². The van der Waals surface area contributed by atoms with Gasteiger partial charge in [-0.25, -0.2) is 4.79 Å². The number of anilines is 1. The molecule has 1 aliphatic heterocycles. The number of amides is 2. The van der Waals surface area contributed by atoms with E-state index in [1.807, 2.05) is 36.4 Å². The maximum atomic E-state index is 12.2. The van der Waals surface area contributed by atoms with Gasteiger partial charge < -0.3 is 24.7 Å². The maximum Gasteiger partial charge on any atom is 0.319 e. The number of carbonyl (C=O) groups excluding carboxylic acids is 1. The number of nitrogens with zero attached hydrogens (tertiary/aromatic N) is 1. The van der Waals surface area contributed by atoms with E-state index in [-0.39, 0.29) is 12.8 Å². The average molecular weight is 351 g/mol. The van der Waals surface area contributed by atoms with Crippen LogP contribution in [0.15, 0.2) is 48.7 Å². The summed E-state index contributed by atoms with van der Waals surface area (Å²) in [5.74, 6) is 1.45. The van der Waals surface area contributed by atoms with Crippen LogP contribution in [0.2, 0.25) is 0 Å². The second-order valence-corrected chi connectivity index (χ2v) is 6.28. The van der Waals surface area contributed by atoms with Crippen LogP contribution in [-0.2, 0) is 13.1 Å². The Morgan fingerprint density at radius 1 is 1.12 bits per heavy atom. The van der Waals surface area contributed by atoms with Gasteiger partial charge in [0.1, 0.15) is 0 Å². The summed E-state index contributed by atoms with van der Waals surface area (Å²) in [7, 11) is 0. The van der Waals surface area contributed by atoms with Gasteiger partial charge >= 0.3 is 6.03 Å². The van der Waals surface area contributed by atoms with E-state index in [1.54, 1.807) is 0 Å². The number of rotatable bonds is 5. The summed E-state index contributed by atoms with van der Waals surface area (Å²) in [6.07, 6.45) is 3.17. The first-order valence-corrected chi connectivity index (χ1v) is 8.75. The highest BCUT2D eigenvalue weighted by molar-refractivity contribution is 5.92. The van der Waals surface area contributed by atoms with Gasteiger partial charge in [-0.1, -0.05) is 13.0 Å². The van der Waals surface area contributed by atoms with Crippen LogP contribution >= 0.6 is 0 Å². The second kappa shape index (κ2) is 7.00. The third-order valence-electron chi connectivity index (χ3n) is 4.38. The summed E-state index contributed by atoms with van der Waals surface area (Å²) in [6.45, 7) is 3.81. The number of hydrogen-bond acceptors (Lipinski definition) is 3. The molecule has 26 heavy (non-hydrogen) atoms. The molecule has 2 amide bonds. The van der Waals surface area contributed by atoms with Crippen molar-refractivity contribution in [2.75, 3.05) is 12.1 Å². The van der Waals surface area contributed by atoms with Gasteiger partial charge in [-0.15, -0.1) is 0 Å². The van der Waals surface area contributed by atoms with Gasteiger partial charge in [0.25, 0.3) is 0 Å². The number of nitrogens with one attached hydrogen (secondary N) is 2. The van der Waals surface area contributed by atoms with Crippen LogP contribution in [0.25, 0.3) is 10.9 Å². The smallest absolute Gasteiger partial charge is 0.319 e. The van der Waals surface area contributed by atoms with Crippen molar-refractivity contribution in [3.05, 3.63) is 54.2 Å². The number of aryl methyl sites for hydroxylation is 1. The first-order chi connectivity index (χ1) is 12.7. The minimum Gasteiger partial charge on any atom is -0.454 e. The molecular weight excluding hydrogens is 330 g/mol. The van der Waals surface area contributed by atoms with Crippen molar-refractivity contribution < 1.29 is 14.3 Å². The van der Waals surface area contributed by atoms with E-state index < -0.39 is 0 Å². The predicted molar refractivity (Wildman–Crippen MR) is 101 cm³/mol. The summed E-state index contributed by atoms with van der Waals surface area (Å²) in [5.41, 5.74) is 2.91. The van der Waals surface area contributed by atoms with Crippen LogP contribution in [0.4, 0.5) is 10.5 Å². The van der Waals surface area contributed by atoms with Gasteiger partial charge in [0.15, 0.2) is 11.5 Å². The fourth-order valence-electron chi connectivity index (χ4n) is 3.12. The third-order valence-corrected chi connectivity index (χ3v) is 4.38. The van der Waals surface area contributed by atoms with Crippen molar-refractivity contribution in [2.45, 2.75) is 26.4 Å². The zero-order chi connectivity index (χ0) is 17.9. The summed E-state index contributed by atoms with van der Waals surface area (Å²) in [5, 5.41) is 6.86. The van der Waals surface area contributed by atoms with Crippen LogP contribution in [0, 0.1) is 0 Å². The van der Waals surface area contributed by atoms with Crippen molar-refractivity contribution in [2.24, 2.45) is 0 Å². The molecule has 0 atom stereocenters. The Kier molecular flexibility index (Phi) is 4.39. The molecule has 1 aliphatic rings. The first-order valence-electron chi connectivity index (χ1n) is 8.75. The number of carbonyl (C=O) groups is 1. The Hall–Kier alpha value is -3.15. The van der Waals surface area contributed by atoms with E-state index in [1.165, 1.54) is 5.52 Å². The van der Waals surface area contributed by atoms with Crippen molar-refractivity contribution in [1.82, 2.24) is 9.88 Å². The van der Waals surface area contributed by atoms with Crippen LogP contribution in [0.1, 0.15) is 18.9 Å². The molecule has 0 spiro atoms. The number of benzene rings is 2. The van der Waals surface area contributed by atoms with Gasteiger partial charge in [0.2, 0.25) is 6.79 Å². The van der Waals surface area contributed by atoms with E-state index in [0.717, 1.165) is 35.4 Å². The lowest BCUT2D eigenvalue weighted by molar-refractivity contribution is 0.174. The van der Waals surface area contributed by atoms with E-state index in [9.17, 15) is 4.79 Å². The first kappa shape index (κ1) is 16.3. The third kappa shape index (κ3) is 3.31. The molecule has 0 fully saturated rings. The largest absolute Gasteiger partial charge is 0.454 e. The molecule has 0 aliphatic carbocycles. The molecule has 6 heteroatoms. The van der Waals surface area contributed by atoms with E-state index in [4.69, 9.17) is 9.47 Å². The van der Waals surface area contributed by atoms with E-state index in [2.05, 4.69) is 34.4 Å². The average Bonchev–Trinajstić information content (AvgIpc) is 3.26. The normalized spacial score (nSPS) is 12.3. The molecule has 1 aromatic heterocycles. The molecule has 2 N–H and O–H groups in total. The predicted octanol–water partition coefficient (Wildman–Crippen LogP) is 4.10. The molecule has 4 rings (SSSR count). The fourth-order valence-corrected chi connectivity index (χ4v) is 3.12. The highest BCUT2D eigenvalue weighted by atomic mass is 16.7. The Balaban J connectivity index is 1.38. The number of hydrogen-bond donors (Lipinski definition) is 2. The van der Waals surface area contributed by atoms with Crippen molar-refractivity contribution in [3.63, 3.8) is 0 Å². The van der Waals surface area contributed by atoms with Crippen LogP contribution < -0.4 is 20.1 Å². The van der Waals surface area contributed by atoms with Crippen molar-refractivity contribution >= 4 is 22.6 Å². The fraction of sp³-hybridized carbons (Fsp3) is 0.250. The molecule has 0 saturated carbocycles. The molecule has 0 unspecified atom stereocenters. The second-order valence-electron chi connectivity index (χ2n) is 6.28. The minimum absolute atomic E-state index is 0.241. The number of urea groups is 1. The molecule has 0 radical (unpaired) electrons. The van der Waals surface area contributed by atoms with Crippen LogP contribution in [0.5, 0.6) is 11.5 Å². The zero-order valence-corrected chi connectivity index (χ0v) is 14.6. The van der Waals surface area contributed by atoms with Gasteiger partial charge in [0.05, 0.1) is 0 Å². The maximum absolute atomic E-state index is 12.2. The standard InChI is InChI=1S/C20H21N3O3/c1-2-8-23-9-7-15-11-16(4-5-17(15)23)22-20(24)21-12-14-3-6-18-19(10-14)26-13-25-18/h3-7,9-11H,2,8,12-13H2,1H3,(H2,21,22,24).